The maximum absolute atomic E-state index is 13.1. The zero-order valence-corrected chi connectivity index (χ0v) is 18.5. The first-order chi connectivity index (χ1) is 14.8. The second-order valence-electron chi connectivity index (χ2n) is 9.24. The standard InChI is InChI=1S/C21H37BN4O5/c1-2-15(20(28)26-13-7-11-17(26)22(30)31)24-19(27)16-10-6-12-25(16)21(29)18(23)14-8-4-3-5-9-14/h14-18,30-31H,2-13,23H2,1H3,(H,24,27). The fraction of sp³-hybridized carbons (Fsp3) is 0.857. The molecule has 5 N–H and O–H groups in total. The SMILES string of the molecule is CCC(NC(=O)C1CCCN1C(=O)C(N)C1CCCCC1)C(=O)N1CCCC1B(O)O. The lowest BCUT2D eigenvalue weighted by Gasteiger charge is -2.33. The number of nitrogens with zero attached hydrogens (tertiary/aromatic N) is 2. The van der Waals surface area contributed by atoms with Crippen LogP contribution in [-0.2, 0) is 14.4 Å². The van der Waals surface area contributed by atoms with Crippen molar-refractivity contribution in [3.63, 3.8) is 0 Å². The molecule has 4 atom stereocenters. The van der Waals surface area contributed by atoms with Gasteiger partial charge in [0.1, 0.15) is 12.1 Å². The van der Waals surface area contributed by atoms with Crippen LogP contribution in [0.5, 0.6) is 0 Å². The third kappa shape index (κ3) is 5.41. The van der Waals surface area contributed by atoms with Crippen LogP contribution in [0.1, 0.15) is 71.1 Å². The molecule has 0 aromatic carbocycles. The maximum Gasteiger partial charge on any atom is 0.475 e. The van der Waals surface area contributed by atoms with Crippen molar-refractivity contribution in [3.8, 4) is 0 Å². The minimum Gasteiger partial charge on any atom is -0.426 e. The quantitative estimate of drug-likeness (QED) is 0.408. The molecule has 0 aromatic heterocycles. The molecule has 4 unspecified atom stereocenters. The van der Waals surface area contributed by atoms with Crippen LogP contribution in [0.2, 0.25) is 0 Å². The zero-order valence-electron chi connectivity index (χ0n) is 18.5. The van der Waals surface area contributed by atoms with Crippen LogP contribution >= 0.6 is 0 Å². The van der Waals surface area contributed by atoms with Crippen LogP contribution in [0.3, 0.4) is 0 Å². The number of carbonyl (C=O) groups is 3. The van der Waals surface area contributed by atoms with E-state index in [0.29, 0.717) is 38.8 Å². The van der Waals surface area contributed by atoms with Crippen molar-refractivity contribution in [2.45, 2.75) is 95.2 Å². The molecule has 9 nitrogen and oxygen atoms in total. The highest BCUT2D eigenvalue weighted by Crippen LogP contribution is 2.28. The maximum atomic E-state index is 13.1. The molecule has 0 bridgehead atoms. The van der Waals surface area contributed by atoms with Gasteiger partial charge >= 0.3 is 7.12 Å². The first-order valence-electron chi connectivity index (χ1n) is 11.9. The van der Waals surface area contributed by atoms with Crippen LogP contribution in [0.15, 0.2) is 0 Å². The lowest BCUT2D eigenvalue weighted by Crippen LogP contribution is -2.57. The Balaban J connectivity index is 1.62. The normalized spacial score (nSPS) is 26.6. The summed E-state index contributed by atoms with van der Waals surface area (Å²) >= 11 is 0. The van der Waals surface area contributed by atoms with Crippen LogP contribution in [0.25, 0.3) is 0 Å². The highest BCUT2D eigenvalue weighted by molar-refractivity contribution is 6.43. The van der Waals surface area contributed by atoms with E-state index in [4.69, 9.17) is 5.73 Å². The summed E-state index contributed by atoms with van der Waals surface area (Å²) in [5, 5.41) is 21.9. The van der Waals surface area contributed by atoms with Gasteiger partial charge in [0.2, 0.25) is 17.7 Å². The minimum absolute atomic E-state index is 0.160. The second-order valence-corrected chi connectivity index (χ2v) is 9.24. The highest BCUT2D eigenvalue weighted by Gasteiger charge is 2.42. The lowest BCUT2D eigenvalue weighted by molar-refractivity contribution is -0.142. The Kier molecular flexibility index (Phi) is 8.35. The Morgan fingerprint density at radius 1 is 0.968 bits per heavy atom. The van der Waals surface area contributed by atoms with Crippen LogP contribution < -0.4 is 11.1 Å². The average Bonchev–Trinajstić information content (AvgIpc) is 3.46. The fourth-order valence-corrected chi connectivity index (χ4v) is 5.37. The van der Waals surface area contributed by atoms with Crippen molar-refractivity contribution in [1.82, 2.24) is 15.1 Å². The molecule has 174 valence electrons. The van der Waals surface area contributed by atoms with E-state index in [0.717, 1.165) is 32.1 Å². The number of nitrogens with one attached hydrogen (secondary N) is 1. The van der Waals surface area contributed by atoms with Gasteiger partial charge in [-0.15, -0.1) is 0 Å². The number of hydrogen-bond acceptors (Lipinski definition) is 6. The largest absolute Gasteiger partial charge is 0.475 e. The van der Waals surface area contributed by atoms with Gasteiger partial charge in [-0.05, 0) is 50.9 Å². The summed E-state index contributed by atoms with van der Waals surface area (Å²) in [6.45, 7) is 2.75. The number of rotatable bonds is 7. The molecule has 10 heteroatoms. The molecule has 1 saturated carbocycles. The molecule has 2 saturated heterocycles. The van der Waals surface area contributed by atoms with Crippen LogP contribution in [0, 0.1) is 5.92 Å². The summed E-state index contributed by atoms with van der Waals surface area (Å²) in [6.07, 6.45) is 8.18. The van der Waals surface area contributed by atoms with Crippen molar-refractivity contribution < 1.29 is 24.4 Å². The number of nitrogens with two attached hydrogens (primary N) is 1. The molecular weight excluding hydrogens is 399 g/mol. The molecule has 3 fully saturated rings. The number of hydrogen-bond donors (Lipinski definition) is 4. The van der Waals surface area contributed by atoms with E-state index in [1.807, 2.05) is 0 Å². The molecular formula is C21H37BN4O5. The highest BCUT2D eigenvalue weighted by atomic mass is 16.4. The molecule has 0 radical (unpaired) electrons. The first-order valence-corrected chi connectivity index (χ1v) is 11.9. The van der Waals surface area contributed by atoms with E-state index in [-0.39, 0.29) is 23.6 Å². The molecule has 0 spiro atoms. The summed E-state index contributed by atoms with van der Waals surface area (Å²) in [6, 6.07) is -1.94. The van der Waals surface area contributed by atoms with E-state index < -0.39 is 31.2 Å². The second kappa shape index (κ2) is 10.8. The van der Waals surface area contributed by atoms with Gasteiger partial charge in [-0.25, -0.2) is 0 Å². The van der Waals surface area contributed by atoms with Crippen molar-refractivity contribution in [2.75, 3.05) is 13.1 Å². The molecule has 1 aliphatic carbocycles. The van der Waals surface area contributed by atoms with Crippen molar-refractivity contribution in [1.29, 1.82) is 0 Å². The third-order valence-electron chi connectivity index (χ3n) is 7.23. The monoisotopic (exact) mass is 436 g/mol. The summed E-state index contributed by atoms with van der Waals surface area (Å²) in [4.78, 5) is 42.1. The van der Waals surface area contributed by atoms with E-state index in [1.54, 1.807) is 11.8 Å². The molecule has 3 rings (SSSR count). The number of carbonyl (C=O) groups excluding carboxylic acids is 3. The summed E-state index contributed by atoms with van der Waals surface area (Å²) in [7, 11) is -1.59. The average molecular weight is 436 g/mol. The molecule has 2 heterocycles. The molecule has 2 aliphatic heterocycles. The number of amides is 3. The molecule has 3 amide bonds. The predicted molar refractivity (Wildman–Crippen MR) is 116 cm³/mol. The Bertz CT molecular complexity index is 658. The van der Waals surface area contributed by atoms with Gasteiger partial charge in [-0.3, -0.25) is 14.4 Å². The number of likely N-dealkylation sites (tertiary alicyclic amines) is 2. The summed E-state index contributed by atoms with van der Waals surface area (Å²) in [5.41, 5.74) is 6.31. The lowest BCUT2D eigenvalue weighted by atomic mass is 9.77. The fourth-order valence-electron chi connectivity index (χ4n) is 5.37. The predicted octanol–water partition coefficient (Wildman–Crippen LogP) is -0.217. The third-order valence-corrected chi connectivity index (χ3v) is 7.23. The van der Waals surface area contributed by atoms with Gasteiger partial charge in [-0.1, -0.05) is 26.2 Å². The van der Waals surface area contributed by atoms with Gasteiger partial charge in [-0.2, -0.15) is 0 Å². The smallest absolute Gasteiger partial charge is 0.426 e. The van der Waals surface area contributed by atoms with E-state index in [9.17, 15) is 24.4 Å². The van der Waals surface area contributed by atoms with E-state index >= 15 is 0 Å². The summed E-state index contributed by atoms with van der Waals surface area (Å²) < 4.78 is 0. The van der Waals surface area contributed by atoms with Gasteiger partial charge in [0.15, 0.2) is 0 Å². The Labute approximate surface area is 184 Å². The Morgan fingerprint density at radius 2 is 1.61 bits per heavy atom. The summed E-state index contributed by atoms with van der Waals surface area (Å²) in [5.74, 6) is -1.26. The van der Waals surface area contributed by atoms with Crippen molar-refractivity contribution in [3.05, 3.63) is 0 Å². The van der Waals surface area contributed by atoms with Gasteiger partial charge in [0, 0.05) is 13.1 Å². The minimum atomic E-state index is -1.59. The Morgan fingerprint density at radius 3 is 2.26 bits per heavy atom. The van der Waals surface area contributed by atoms with Crippen molar-refractivity contribution >= 4 is 24.8 Å². The first kappa shape index (κ1) is 24.0. The Hall–Kier alpha value is -1.65. The molecule has 3 aliphatic rings. The van der Waals surface area contributed by atoms with Crippen LogP contribution in [-0.4, -0.2) is 81.8 Å². The molecule has 0 aromatic rings. The van der Waals surface area contributed by atoms with Gasteiger partial charge in [0.05, 0.1) is 12.0 Å². The topological polar surface area (TPSA) is 136 Å². The van der Waals surface area contributed by atoms with Crippen LogP contribution in [0.4, 0.5) is 0 Å². The van der Waals surface area contributed by atoms with E-state index in [2.05, 4.69) is 5.32 Å². The van der Waals surface area contributed by atoms with E-state index in [1.165, 1.54) is 11.3 Å². The molecule has 31 heavy (non-hydrogen) atoms. The van der Waals surface area contributed by atoms with Gasteiger partial charge in [0.25, 0.3) is 0 Å². The van der Waals surface area contributed by atoms with Crippen molar-refractivity contribution in [2.24, 2.45) is 11.7 Å². The zero-order chi connectivity index (χ0) is 22.5. The van der Waals surface area contributed by atoms with Gasteiger partial charge < -0.3 is 30.9 Å².